The largest absolute Gasteiger partial charge is 0.501 e. The highest BCUT2D eigenvalue weighted by Gasteiger charge is 2.43. The third kappa shape index (κ3) is 4.18. The number of hydrogen-bond acceptors (Lipinski definition) is 6. The van der Waals surface area contributed by atoms with Crippen LogP contribution in [0.2, 0.25) is 6.04 Å². The highest BCUT2D eigenvalue weighted by Crippen LogP contribution is 2.23. The second-order valence-electron chi connectivity index (χ2n) is 5.32. The lowest BCUT2D eigenvalue weighted by molar-refractivity contribution is -0.00729. The molecule has 3 aliphatic heterocycles. The van der Waals surface area contributed by atoms with Gasteiger partial charge in [0.2, 0.25) is 5.12 Å². The van der Waals surface area contributed by atoms with E-state index in [-0.39, 0.29) is 5.12 Å². The summed E-state index contributed by atoms with van der Waals surface area (Å²) in [7, 11) is -2.59. The van der Waals surface area contributed by atoms with Crippen molar-refractivity contribution in [2.75, 3.05) is 45.2 Å². The molecular weight excluding hydrogens is 318 g/mol. The molecule has 120 valence electrons. The number of rotatable bonds is 4. The topological polar surface area (TPSA) is 48.0 Å². The number of hydrogen-bond donors (Lipinski definition) is 0. The van der Waals surface area contributed by atoms with Crippen LogP contribution < -0.4 is 0 Å². The maximum atomic E-state index is 12.1. The molecule has 1 aromatic carbocycles. The Morgan fingerprint density at radius 3 is 2.23 bits per heavy atom. The molecule has 0 atom stereocenters. The maximum Gasteiger partial charge on any atom is 0.501 e. The summed E-state index contributed by atoms with van der Waals surface area (Å²) < 4.78 is 17.9. The van der Waals surface area contributed by atoms with E-state index in [2.05, 4.69) is 4.90 Å². The summed E-state index contributed by atoms with van der Waals surface area (Å²) in [6.07, 6.45) is 0. The third-order valence-electron chi connectivity index (χ3n) is 3.84. The van der Waals surface area contributed by atoms with Crippen LogP contribution >= 0.6 is 11.8 Å². The zero-order valence-electron chi connectivity index (χ0n) is 12.5. The standard InChI is InChI=1S/C15H21NO4SSi/c17-15(14-4-2-1-3-5-14)21-12-13-22-18-9-6-16(7-10-19-22)8-11-20-22/h1-5H,6-13H2. The second-order valence-corrected chi connectivity index (χ2v) is 9.12. The van der Waals surface area contributed by atoms with E-state index in [4.69, 9.17) is 13.3 Å². The zero-order valence-corrected chi connectivity index (χ0v) is 14.3. The molecular formula is C15H21NO4SSi. The number of nitrogens with zero attached hydrogens (tertiary/aromatic N) is 1. The third-order valence-corrected chi connectivity index (χ3v) is 7.90. The van der Waals surface area contributed by atoms with Gasteiger partial charge in [-0.15, -0.1) is 0 Å². The smallest absolute Gasteiger partial charge is 0.372 e. The maximum absolute atomic E-state index is 12.1. The molecule has 3 heterocycles. The first-order valence-electron chi connectivity index (χ1n) is 7.64. The normalized spacial score (nSPS) is 28.6. The van der Waals surface area contributed by atoms with Crippen molar-refractivity contribution < 1.29 is 18.1 Å². The Morgan fingerprint density at radius 1 is 1.05 bits per heavy atom. The van der Waals surface area contributed by atoms with Gasteiger partial charge in [-0.25, -0.2) is 0 Å². The van der Waals surface area contributed by atoms with Gasteiger partial charge in [0.15, 0.2) is 0 Å². The van der Waals surface area contributed by atoms with Crippen LogP contribution in [0.25, 0.3) is 0 Å². The summed E-state index contributed by atoms with van der Waals surface area (Å²) >= 11 is 1.32. The summed E-state index contributed by atoms with van der Waals surface area (Å²) in [4.78, 5) is 14.4. The Hall–Kier alpha value is -0.703. The molecule has 3 aliphatic rings. The molecule has 7 heteroatoms. The monoisotopic (exact) mass is 339 g/mol. The average molecular weight is 339 g/mol. The summed E-state index contributed by atoms with van der Waals surface area (Å²) in [5.41, 5.74) is 0.736. The predicted molar refractivity (Wildman–Crippen MR) is 88.1 cm³/mol. The van der Waals surface area contributed by atoms with Crippen molar-refractivity contribution in [1.29, 1.82) is 0 Å². The van der Waals surface area contributed by atoms with E-state index in [9.17, 15) is 4.79 Å². The Bertz CT molecular complexity index is 475. The fourth-order valence-electron chi connectivity index (χ4n) is 2.59. The highest BCUT2D eigenvalue weighted by molar-refractivity contribution is 8.14. The highest BCUT2D eigenvalue weighted by atomic mass is 32.2. The summed E-state index contributed by atoms with van der Waals surface area (Å²) in [6.45, 7) is 4.79. The van der Waals surface area contributed by atoms with Crippen molar-refractivity contribution >= 4 is 25.7 Å². The predicted octanol–water partition coefficient (Wildman–Crippen LogP) is 1.88. The van der Waals surface area contributed by atoms with Crippen molar-refractivity contribution in [3.05, 3.63) is 35.9 Å². The molecule has 0 radical (unpaired) electrons. The molecule has 1 aromatic rings. The van der Waals surface area contributed by atoms with Gasteiger partial charge in [-0.1, -0.05) is 42.1 Å². The van der Waals surface area contributed by atoms with Gasteiger partial charge in [-0.05, 0) is 0 Å². The molecule has 0 aromatic heterocycles. The summed E-state index contributed by atoms with van der Waals surface area (Å²) in [5.74, 6) is 0.670. The van der Waals surface area contributed by atoms with Gasteiger partial charge in [0.05, 0.1) is 19.8 Å². The van der Waals surface area contributed by atoms with Crippen LogP contribution in [0.4, 0.5) is 0 Å². The number of benzene rings is 1. The molecule has 0 aliphatic carbocycles. The van der Waals surface area contributed by atoms with E-state index in [1.165, 1.54) is 11.8 Å². The van der Waals surface area contributed by atoms with E-state index in [0.717, 1.165) is 25.2 Å². The molecule has 0 amide bonds. The molecule has 0 N–H and O–H groups in total. The van der Waals surface area contributed by atoms with Crippen molar-refractivity contribution in [2.24, 2.45) is 0 Å². The Balaban J connectivity index is 1.54. The lowest BCUT2D eigenvalue weighted by atomic mass is 10.2. The van der Waals surface area contributed by atoms with Crippen molar-refractivity contribution in [2.45, 2.75) is 6.04 Å². The van der Waals surface area contributed by atoms with Crippen molar-refractivity contribution in [1.82, 2.24) is 4.90 Å². The van der Waals surface area contributed by atoms with Gasteiger partial charge in [0.25, 0.3) is 0 Å². The van der Waals surface area contributed by atoms with E-state index in [0.29, 0.717) is 31.6 Å². The number of carbonyl (C=O) groups is 1. The second kappa shape index (κ2) is 7.72. The molecule has 4 rings (SSSR count). The van der Waals surface area contributed by atoms with Crippen molar-refractivity contribution in [3.63, 3.8) is 0 Å². The van der Waals surface area contributed by atoms with Gasteiger partial charge >= 0.3 is 8.80 Å². The van der Waals surface area contributed by atoms with Crippen LogP contribution in [0, 0.1) is 0 Å². The molecule has 3 fully saturated rings. The molecule has 22 heavy (non-hydrogen) atoms. The van der Waals surface area contributed by atoms with E-state index in [1.54, 1.807) is 0 Å². The molecule has 0 unspecified atom stereocenters. The molecule has 2 bridgehead atoms. The van der Waals surface area contributed by atoms with Crippen LogP contribution in [0.3, 0.4) is 0 Å². The van der Waals surface area contributed by atoms with E-state index in [1.807, 2.05) is 30.3 Å². The Kier molecular flexibility index (Phi) is 5.67. The van der Waals surface area contributed by atoms with Crippen LogP contribution in [-0.4, -0.2) is 64.0 Å². The van der Waals surface area contributed by atoms with Crippen LogP contribution in [0.5, 0.6) is 0 Å². The van der Waals surface area contributed by atoms with Gasteiger partial charge in [0, 0.05) is 37.0 Å². The van der Waals surface area contributed by atoms with Gasteiger partial charge in [-0.3, -0.25) is 9.69 Å². The average Bonchev–Trinajstić information content (AvgIpc) is 2.48. The SMILES string of the molecule is O=C(SCC[Si]12OCCN(CCO1)CCO2)c1ccccc1. The minimum Gasteiger partial charge on any atom is -0.372 e. The first-order chi connectivity index (χ1) is 10.8. The minimum atomic E-state index is -2.59. The first kappa shape index (κ1) is 16.2. The van der Waals surface area contributed by atoms with E-state index < -0.39 is 8.80 Å². The van der Waals surface area contributed by atoms with Gasteiger partial charge in [0.1, 0.15) is 0 Å². The lowest BCUT2D eigenvalue weighted by Gasteiger charge is -2.38. The molecule has 5 nitrogen and oxygen atoms in total. The minimum absolute atomic E-state index is 0.0915. The van der Waals surface area contributed by atoms with Gasteiger partial charge < -0.3 is 13.3 Å². The fraction of sp³-hybridized carbons (Fsp3) is 0.533. The summed E-state index contributed by atoms with van der Waals surface area (Å²) in [6, 6.07) is 10.0. The van der Waals surface area contributed by atoms with E-state index >= 15 is 0 Å². The van der Waals surface area contributed by atoms with Crippen molar-refractivity contribution in [3.8, 4) is 0 Å². The van der Waals surface area contributed by atoms with Crippen LogP contribution in [0.15, 0.2) is 30.3 Å². The lowest BCUT2D eigenvalue weighted by Crippen LogP contribution is -2.55. The Morgan fingerprint density at radius 2 is 1.64 bits per heavy atom. The quantitative estimate of drug-likeness (QED) is 0.781. The first-order valence-corrected chi connectivity index (χ1v) is 10.6. The van der Waals surface area contributed by atoms with Crippen LogP contribution in [0.1, 0.15) is 10.4 Å². The number of thioether (sulfide) groups is 1. The fourth-order valence-corrected chi connectivity index (χ4v) is 6.38. The Labute approximate surface area is 136 Å². The zero-order chi connectivity index (χ0) is 15.3. The summed E-state index contributed by atoms with van der Waals surface area (Å²) in [5, 5.41) is 0.0915. The van der Waals surface area contributed by atoms with Gasteiger partial charge in [-0.2, -0.15) is 0 Å². The number of fused-ring (bicyclic) bond motifs is 6. The van der Waals surface area contributed by atoms with Crippen LogP contribution in [-0.2, 0) is 13.3 Å². The molecule has 3 saturated heterocycles. The molecule has 0 saturated carbocycles. The molecule has 0 spiro atoms. The number of carbonyl (C=O) groups excluding carboxylic acids is 1.